The van der Waals surface area contributed by atoms with Crippen LogP contribution >= 0.6 is 0 Å². The van der Waals surface area contributed by atoms with Gasteiger partial charge in [0.2, 0.25) is 5.60 Å². The summed E-state index contributed by atoms with van der Waals surface area (Å²) < 4.78 is 44.1. The first-order chi connectivity index (χ1) is 10.4. The van der Waals surface area contributed by atoms with Gasteiger partial charge in [-0.15, -0.1) is 0 Å². The van der Waals surface area contributed by atoms with Crippen LogP contribution in [0, 0.1) is 0 Å². The van der Waals surface area contributed by atoms with Crippen LogP contribution in [0.3, 0.4) is 0 Å². The van der Waals surface area contributed by atoms with Gasteiger partial charge < -0.3 is 19.7 Å². The van der Waals surface area contributed by atoms with Gasteiger partial charge in [-0.25, -0.2) is 0 Å². The van der Waals surface area contributed by atoms with Gasteiger partial charge in [0, 0.05) is 0 Å². The van der Waals surface area contributed by atoms with E-state index in [2.05, 4.69) is 6.58 Å². The maximum atomic E-state index is 13.0. The van der Waals surface area contributed by atoms with Crippen molar-refractivity contribution in [3.05, 3.63) is 35.9 Å². The summed E-state index contributed by atoms with van der Waals surface area (Å²) in [6.45, 7) is 6.36. The van der Waals surface area contributed by atoms with Crippen LogP contribution in [-0.4, -0.2) is 30.0 Å². The second kappa shape index (κ2) is 6.23. The molecule has 1 rings (SSSR count). The number of aliphatic hydroxyl groups is 1. The number of carboxylic acids is 1. The van der Waals surface area contributed by atoms with Crippen LogP contribution in [0.25, 0.3) is 6.08 Å². The number of carbonyl (C=O) groups is 1. The van der Waals surface area contributed by atoms with Crippen molar-refractivity contribution in [1.82, 2.24) is 0 Å². The summed E-state index contributed by atoms with van der Waals surface area (Å²) in [5, 5.41) is 20.5. The van der Waals surface area contributed by atoms with E-state index in [9.17, 15) is 28.2 Å². The Balaban J connectivity index is 3.36. The summed E-state index contributed by atoms with van der Waals surface area (Å²) in [5.74, 6) is -2.31. The Morgan fingerprint density at radius 1 is 1.39 bits per heavy atom. The molecular formula is C16H18F3O4-. The molecule has 0 aromatic heterocycles. The zero-order valence-corrected chi connectivity index (χ0v) is 13.0. The van der Waals surface area contributed by atoms with Gasteiger partial charge in [0.15, 0.2) is 0 Å². The molecule has 128 valence electrons. The zero-order valence-electron chi connectivity index (χ0n) is 13.0. The maximum absolute atomic E-state index is 13.0. The molecular weight excluding hydrogens is 313 g/mol. The van der Waals surface area contributed by atoms with E-state index in [1.807, 2.05) is 0 Å². The number of alkyl halides is 3. The number of ether oxygens (including phenoxy) is 1. The maximum Gasteiger partial charge on any atom is 0.422 e. The van der Waals surface area contributed by atoms with E-state index in [0.717, 1.165) is 0 Å². The van der Waals surface area contributed by atoms with Crippen molar-refractivity contribution in [3.8, 4) is 5.75 Å². The molecule has 1 aromatic rings. The molecule has 7 heteroatoms. The van der Waals surface area contributed by atoms with E-state index >= 15 is 0 Å². The number of methoxy groups -OCH3 is 1. The van der Waals surface area contributed by atoms with E-state index in [0.29, 0.717) is 11.1 Å². The molecule has 23 heavy (non-hydrogen) atoms. The Hall–Kier alpha value is -2.02. The molecule has 0 fully saturated rings. The highest BCUT2D eigenvalue weighted by molar-refractivity contribution is 5.76. The highest BCUT2D eigenvalue weighted by Crippen LogP contribution is 2.43. The number of rotatable bonds is 6. The largest absolute Gasteiger partial charge is 0.547 e. The minimum absolute atomic E-state index is 0.273. The molecule has 0 saturated heterocycles. The molecule has 0 saturated carbocycles. The minimum Gasteiger partial charge on any atom is -0.547 e. The SMILES string of the molecule is C=Cc1ccc(C(C)(C)CC(O)(C(=O)[O-])C(F)(F)F)c(OC)c1. The number of carbonyl (C=O) groups excluding carboxylic acids is 1. The van der Waals surface area contributed by atoms with Gasteiger partial charge in [0.25, 0.3) is 0 Å². The number of aliphatic carboxylic acids is 1. The van der Waals surface area contributed by atoms with Crippen molar-refractivity contribution in [2.75, 3.05) is 7.11 Å². The van der Waals surface area contributed by atoms with Crippen LogP contribution in [0.4, 0.5) is 13.2 Å². The molecule has 1 N–H and O–H groups in total. The summed E-state index contributed by atoms with van der Waals surface area (Å²) in [6, 6.07) is 4.69. The molecule has 0 amide bonds. The lowest BCUT2D eigenvalue weighted by Crippen LogP contribution is -2.60. The van der Waals surface area contributed by atoms with Crippen molar-refractivity contribution in [3.63, 3.8) is 0 Å². The summed E-state index contributed by atoms with van der Waals surface area (Å²) in [5.41, 5.74) is -4.30. The van der Waals surface area contributed by atoms with Gasteiger partial charge in [-0.1, -0.05) is 38.6 Å². The third kappa shape index (κ3) is 3.67. The van der Waals surface area contributed by atoms with Crippen LogP contribution in [0.15, 0.2) is 24.8 Å². The van der Waals surface area contributed by atoms with Crippen LogP contribution < -0.4 is 9.84 Å². The van der Waals surface area contributed by atoms with Crippen molar-refractivity contribution >= 4 is 12.0 Å². The quantitative estimate of drug-likeness (QED) is 0.866. The Labute approximate surface area is 132 Å². The first kappa shape index (κ1) is 19.0. The predicted molar refractivity (Wildman–Crippen MR) is 76.7 cm³/mol. The van der Waals surface area contributed by atoms with E-state index in [1.165, 1.54) is 33.1 Å². The fourth-order valence-corrected chi connectivity index (χ4v) is 2.42. The average Bonchev–Trinajstić information content (AvgIpc) is 2.44. The molecule has 1 atom stereocenters. The third-order valence-corrected chi connectivity index (χ3v) is 3.69. The van der Waals surface area contributed by atoms with Crippen molar-refractivity contribution in [2.24, 2.45) is 0 Å². The van der Waals surface area contributed by atoms with E-state index in [-0.39, 0.29) is 5.75 Å². The Kier molecular flexibility index (Phi) is 5.16. The lowest BCUT2D eigenvalue weighted by molar-refractivity contribution is -0.356. The smallest absolute Gasteiger partial charge is 0.422 e. The Morgan fingerprint density at radius 2 is 1.96 bits per heavy atom. The zero-order chi connectivity index (χ0) is 18.1. The Morgan fingerprint density at radius 3 is 2.35 bits per heavy atom. The molecule has 0 aliphatic rings. The molecule has 1 aromatic carbocycles. The van der Waals surface area contributed by atoms with Crippen molar-refractivity contribution < 1.29 is 32.9 Å². The highest BCUT2D eigenvalue weighted by Gasteiger charge is 2.57. The number of hydrogen-bond donors (Lipinski definition) is 1. The van der Waals surface area contributed by atoms with Gasteiger partial charge in [-0.2, -0.15) is 13.2 Å². The fourth-order valence-electron chi connectivity index (χ4n) is 2.42. The average molecular weight is 331 g/mol. The van der Waals surface area contributed by atoms with Gasteiger partial charge in [-0.05, 0) is 29.0 Å². The highest BCUT2D eigenvalue weighted by atomic mass is 19.4. The van der Waals surface area contributed by atoms with Crippen molar-refractivity contribution in [1.29, 1.82) is 0 Å². The summed E-state index contributed by atoms with van der Waals surface area (Å²) in [7, 11) is 1.34. The topological polar surface area (TPSA) is 69.6 Å². The van der Waals surface area contributed by atoms with Gasteiger partial charge in [0.1, 0.15) is 5.75 Å². The fraction of sp³-hybridized carbons (Fsp3) is 0.438. The minimum atomic E-state index is -5.36. The number of carboxylic acid groups (broad SMARTS) is 1. The van der Waals surface area contributed by atoms with E-state index in [4.69, 9.17) is 4.74 Å². The van der Waals surface area contributed by atoms with Crippen LogP contribution in [0.2, 0.25) is 0 Å². The standard InChI is InChI=1S/C16H19F3O4/c1-5-10-6-7-11(12(8-10)23-4)14(2,3)9-15(22,13(20)21)16(17,18)19/h5-8,22H,1,9H2,2-4H3,(H,20,21)/p-1. The lowest BCUT2D eigenvalue weighted by Gasteiger charge is -2.38. The Bertz CT molecular complexity index is 608. The van der Waals surface area contributed by atoms with Crippen molar-refractivity contribution in [2.45, 2.75) is 37.5 Å². The van der Waals surface area contributed by atoms with Gasteiger partial charge in [0.05, 0.1) is 13.1 Å². The second-order valence-electron chi connectivity index (χ2n) is 5.87. The second-order valence-corrected chi connectivity index (χ2v) is 5.87. The van der Waals surface area contributed by atoms with Gasteiger partial charge in [-0.3, -0.25) is 0 Å². The van der Waals surface area contributed by atoms with Crippen LogP contribution in [0.1, 0.15) is 31.4 Å². The van der Waals surface area contributed by atoms with E-state index in [1.54, 1.807) is 12.1 Å². The molecule has 0 spiro atoms. The molecule has 0 aliphatic heterocycles. The summed E-state index contributed by atoms with van der Waals surface area (Å²) in [6.07, 6.45) is -4.94. The number of benzene rings is 1. The lowest BCUT2D eigenvalue weighted by atomic mass is 9.74. The third-order valence-electron chi connectivity index (χ3n) is 3.69. The first-order valence-corrected chi connectivity index (χ1v) is 6.70. The molecule has 0 radical (unpaired) electrons. The predicted octanol–water partition coefficient (Wildman–Crippen LogP) is 2.05. The molecule has 0 bridgehead atoms. The summed E-state index contributed by atoms with van der Waals surface area (Å²) in [4.78, 5) is 10.9. The van der Waals surface area contributed by atoms with E-state index < -0.39 is 29.6 Å². The van der Waals surface area contributed by atoms with Crippen LogP contribution in [-0.2, 0) is 10.2 Å². The molecule has 0 aliphatic carbocycles. The molecule has 4 nitrogen and oxygen atoms in total. The van der Waals surface area contributed by atoms with Crippen LogP contribution in [0.5, 0.6) is 5.75 Å². The summed E-state index contributed by atoms with van der Waals surface area (Å²) >= 11 is 0. The number of halogens is 3. The normalized spacial score (nSPS) is 14.9. The number of hydrogen-bond acceptors (Lipinski definition) is 4. The first-order valence-electron chi connectivity index (χ1n) is 6.70. The van der Waals surface area contributed by atoms with Gasteiger partial charge >= 0.3 is 6.18 Å². The molecule has 0 heterocycles. The monoisotopic (exact) mass is 331 g/mol. The molecule has 1 unspecified atom stereocenters.